The summed E-state index contributed by atoms with van der Waals surface area (Å²) in [5, 5.41) is 95.5. The summed E-state index contributed by atoms with van der Waals surface area (Å²) in [7, 11) is 5.10. The number of hydrogen-bond acceptors (Lipinski definition) is 29. The number of halogens is 3. The Kier molecular flexibility index (Phi) is 54.1. The van der Waals surface area contributed by atoms with Gasteiger partial charge in [0.05, 0.1) is 26.2 Å². The Morgan fingerprint density at radius 2 is 0.511 bits per heavy atom. The lowest BCUT2D eigenvalue weighted by molar-refractivity contribution is -0.192. The Morgan fingerprint density at radius 1 is 0.319 bits per heavy atom. The van der Waals surface area contributed by atoms with E-state index in [0.29, 0.717) is 0 Å². The number of guanidine groups is 4. The van der Waals surface area contributed by atoms with Crippen molar-refractivity contribution in [1.29, 1.82) is 21.6 Å². The summed E-state index contributed by atoms with van der Waals surface area (Å²) in [4.78, 5) is 274. The Hall–Kier alpha value is -11.1. The average molecular weight is 2030 g/mol. The highest BCUT2D eigenvalue weighted by molar-refractivity contribution is 8.77. The van der Waals surface area contributed by atoms with Crippen molar-refractivity contribution in [2.75, 3.05) is 86.9 Å². The van der Waals surface area contributed by atoms with Crippen molar-refractivity contribution in [3.05, 3.63) is 0 Å². The molecule has 0 radical (unpaired) electrons. The van der Waals surface area contributed by atoms with Gasteiger partial charge in [-0.1, -0.05) is 146 Å². The standard InChI is InChI=1S/C74H128N30O18S6.C2HF3O2/c1-9-35(5)53-67(119)99-45-31-125-123-29-43(59(111)89-25-49(105)91-39(17-13-21-83-71(75)76)57(109)87-27-51(107)101-53)97-69(121)55(37(7)11-3)104-66(118)48-34-128-127-33-47(95-61(113)41(93-63(45)115)19-15-23-85-73(79)80)65(117)103-56(38(8)12-4)70(122)98-44-30-124-126-32-46(64(116)94-42(62(114)96-48)20-16-24-86-74(81)82)100-68(120)54(36(6)10-2)102-52(108)28-88-58(110)40(18-14-22-84-72(77)78)92-50(106)26-90-60(44)112;3-2(4,5)1(6)7/h35-48,53-56H,9-34H2,1-8H3,(H,87,109)(H,88,110)(H,89,111)(H,90,112)(H,91,105)(H,92,106)(H,93,115)(H,94,116)(H,95,113)(H,96,114)(H,97,121)(H,98,122)(H,99,119)(H,100,120)(H,101,107)(H,102,108)(H,103,117)(H,104,118)(H4,75,76,83)(H4,77,78,84)(H4,79,80,85)(H4,81,82,86);(H,6,7)/t35-,36-,37-,38-,39-,40-,41-,42-,43-,44-,45-,46-,47-,48-,53-,54-,55-,56-;/m0./s1. The second-order valence-electron chi connectivity index (χ2n) is 31.6. The Labute approximate surface area is 801 Å². The molecule has 35 N–H and O–H groups in total. The first-order chi connectivity index (χ1) is 63.6. The number of carboxylic acids is 1. The monoisotopic (exact) mass is 2030 g/mol. The first-order valence-electron chi connectivity index (χ1n) is 43.3. The van der Waals surface area contributed by atoms with Gasteiger partial charge in [0.25, 0.3) is 0 Å². The highest BCUT2D eigenvalue weighted by Gasteiger charge is 2.42. The molecule has 760 valence electrons. The van der Waals surface area contributed by atoms with Crippen molar-refractivity contribution >= 4 is 201 Å². The van der Waals surface area contributed by atoms with Crippen molar-refractivity contribution < 1.29 is 109 Å². The molecule has 0 aromatic heterocycles. The first kappa shape index (κ1) is 118. The van der Waals surface area contributed by atoms with Crippen molar-refractivity contribution in [3.8, 4) is 0 Å². The average Bonchev–Trinajstić information content (AvgIpc) is 0.791. The number of nitrogens with one attached hydrogen (secondary N) is 26. The Balaban J connectivity index is 0.00000643. The number of rotatable bonds is 24. The first-order valence-corrected chi connectivity index (χ1v) is 50.8. The van der Waals surface area contributed by atoms with Crippen LogP contribution >= 0.6 is 64.8 Å². The molecule has 4 heterocycles. The molecule has 4 aliphatic rings. The minimum Gasteiger partial charge on any atom is -0.475 e. The summed E-state index contributed by atoms with van der Waals surface area (Å²) in [6, 6.07) is -22.3. The van der Waals surface area contributed by atoms with Crippen molar-refractivity contribution in [1.82, 2.24) is 117 Å². The number of carbonyl (C=O) groups excluding carboxylic acids is 18. The molecule has 0 saturated carbocycles. The van der Waals surface area contributed by atoms with E-state index in [4.69, 9.17) is 54.5 Å². The van der Waals surface area contributed by atoms with Gasteiger partial charge in [0.1, 0.15) is 84.6 Å². The number of alkyl halides is 3. The smallest absolute Gasteiger partial charge is 0.475 e. The summed E-state index contributed by atoms with van der Waals surface area (Å²) in [6.07, 6.45) is -4.95. The van der Waals surface area contributed by atoms with Gasteiger partial charge in [-0.3, -0.25) is 108 Å². The largest absolute Gasteiger partial charge is 0.490 e. The molecule has 18 amide bonds. The topological polar surface area (TPSA) is 809 Å². The lowest BCUT2D eigenvalue weighted by Crippen LogP contribution is -2.62. The van der Waals surface area contributed by atoms with Crippen LogP contribution in [-0.2, 0) is 91.1 Å². The number of aliphatic carboxylic acids is 1. The fourth-order valence-electron chi connectivity index (χ4n) is 12.5. The molecular formula is C76H129F3N30O20S6. The van der Waals surface area contributed by atoms with Crippen LogP contribution in [0, 0.1) is 45.3 Å². The van der Waals surface area contributed by atoms with Gasteiger partial charge in [-0.15, -0.1) is 0 Å². The van der Waals surface area contributed by atoms with E-state index in [9.17, 15) is 61.1 Å². The quantitative estimate of drug-likeness (QED) is 0.0185. The van der Waals surface area contributed by atoms with E-state index in [1.54, 1.807) is 55.4 Å². The fraction of sp³-hybridized carbons (Fsp3) is 0.697. The molecule has 4 aliphatic heterocycles. The molecule has 59 heteroatoms. The van der Waals surface area contributed by atoms with Crippen molar-refractivity contribution in [2.45, 2.75) is 223 Å². The summed E-state index contributed by atoms with van der Waals surface area (Å²) < 4.78 is 31.7. The molecule has 0 aliphatic carbocycles. The minimum atomic E-state index is -5.08. The minimum absolute atomic E-state index is 0.0384. The van der Waals surface area contributed by atoms with Gasteiger partial charge in [0.2, 0.25) is 106 Å². The zero-order valence-electron chi connectivity index (χ0n) is 75.9. The molecule has 50 nitrogen and oxygen atoms in total. The zero-order valence-corrected chi connectivity index (χ0v) is 80.8. The fourth-order valence-corrected chi connectivity index (χ4v) is 19.5. The third-order valence-electron chi connectivity index (χ3n) is 21.1. The summed E-state index contributed by atoms with van der Waals surface area (Å²) in [6.45, 7) is 9.97. The number of carbonyl (C=O) groups is 19. The predicted octanol–water partition coefficient (Wildman–Crippen LogP) is -7.69. The lowest BCUT2D eigenvalue weighted by atomic mass is 9.97. The second kappa shape index (κ2) is 61.8. The van der Waals surface area contributed by atoms with Crippen LogP contribution in [0.3, 0.4) is 0 Å². The van der Waals surface area contributed by atoms with E-state index < -0.39 is 311 Å². The van der Waals surface area contributed by atoms with Crippen LogP contribution in [0.2, 0.25) is 0 Å². The third kappa shape index (κ3) is 45.0. The summed E-state index contributed by atoms with van der Waals surface area (Å²) in [5.74, 6) is -27.7. The maximum Gasteiger partial charge on any atom is 0.490 e. The zero-order chi connectivity index (χ0) is 101. The van der Waals surface area contributed by atoms with Crippen LogP contribution in [0.15, 0.2) is 0 Å². The number of fused-ring (bicyclic) bond motifs is 15. The molecular weight excluding hydrogens is 1900 g/mol. The van der Waals surface area contributed by atoms with Crippen LogP contribution in [-0.4, -0.2) is 319 Å². The molecule has 18 atom stereocenters. The molecule has 4 fully saturated rings. The molecule has 135 heavy (non-hydrogen) atoms. The molecule has 0 aromatic carbocycles. The molecule has 0 aromatic rings. The van der Waals surface area contributed by atoms with Gasteiger partial charge in [0, 0.05) is 60.7 Å². The summed E-state index contributed by atoms with van der Waals surface area (Å²) >= 11 is 0. The van der Waals surface area contributed by atoms with E-state index >= 15 is 38.4 Å². The van der Waals surface area contributed by atoms with Crippen LogP contribution in [0.1, 0.15) is 132 Å². The number of nitrogens with two attached hydrogens (primary N) is 4. The van der Waals surface area contributed by atoms with Crippen molar-refractivity contribution in [2.24, 2.45) is 46.6 Å². The van der Waals surface area contributed by atoms with Crippen LogP contribution < -0.4 is 140 Å². The highest BCUT2D eigenvalue weighted by Crippen LogP contribution is 2.28. The Bertz CT molecular complexity index is 3910. The van der Waals surface area contributed by atoms with Crippen molar-refractivity contribution in [3.63, 3.8) is 0 Å². The molecule has 6 bridgehead atoms. The lowest BCUT2D eigenvalue weighted by Gasteiger charge is -2.30. The van der Waals surface area contributed by atoms with Gasteiger partial charge < -0.3 is 145 Å². The van der Waals surface area contributed by atoms with E-state index in [1.807, 2.05) is 0 Å². The maximum atomic E-state index is 15.5. The van der Waals surface area contributed by atoms with Gasteiger partial charge >= 0.3 is 12.1 Å². The van der Waals surface area contributed by atoms with Crippen LogP contribution in [0.5, 0.6) is 0 Å². The van der Waals surface area contributed by atoms with Gasteiger partial charge in [-0.25, -0.2) is 4.79 Å². The third-order valence-corrected chi connectivity index (χ3v) is 28.4. The number of hydrogen-bond donors (Lipinski definition) is 31. The van der Waals surface area contributed by atoms with Gasteiger partial charge in [-0.2, -0.15) is 13.2 Å². The SMILES string of the molecule is CC[C@H](C)[C@@H]1NC(=O)CNC(=O)[C@H](CCCNC(=N)N)NC(=O)CNC(=O)[C@@H]2CSSC[C@H](NC1=O)C(=O)N[C@@H](CCCNC(=N)N)C(=O)N[C@H]1CSSC[C@H](NC(=O)[C@H](CCCNC(=N)N)NC(=O)[C@@H]3CSSC[C@H](NC(=O)[C@H]([C@@H](C)CC)NC1=O)C(=O)NCC(=O)N[C@@H](CCCNC(=N)N)C(=O)NCC(=O)N[C@@H]([C@@H](C)CC)C(=O)N3)C(=O)N[C@@H]([C@@H](C)CC)C(=O)N2.O=C(O)C(F)(F)F. The molecule has 4 saturated heterocycles. The molecule has 0 unspecified atom stereocenters. The van der Waals surface area contributed by atoms with E-state index in [1.165, 1.54) is 0 Å². The highest BCUT2D eigenvalue weighted by atomic mass is 33.1. The second-order valence-corrected chi connectivity index (χ2v) is 39.3. The number of carboxylic acid groups (broad SMARTS) is 1. The van der Waals surface area contributed by atoms with E-state index in [-0.39, 0.29) is 103 Å². The normalized spacial score (nSPS) is 25.9. The predicted molar refractivity (Wildman–Crippen MR) is 502 cm³/mol. The summed E-state index contributed by atoms with van der Waals surface area (Å²) in [5.41, 5.74) is 22.3. The number of amides is 18. The van der Waals surface area contributed by atoms with E-state index in [0.717, 1.165) is 64.8 Å². The molecule has 4 rings (SSSR count). The van der Waals surface area contributed by atoms with Gasteiger partial charge in [-0.05, 0) is 75.0 Å². The molecule has 0 spiro atoms. The van der Waals surface area contributed by atoms with E-state index in [2.05, 4.69) is 117 Å². The van der Waals surface area contributed by atoms with Crippen LogP contribution in [0.25, 0.3) is 0 Å². The van der Waals surface area contributed by atoms with Gasteiger partial charge in [0.15, 0.2) is 23.8 Å². The Morgan fingerprint density at radius 3 is 0.733 bits per heavy atom. The van der Waals surface area contributed by atoms with Crippen LogP contribution in [0.4, 0.5) is 13.2 Å². The maximum absolute atomic E-state index is 15.5.